The van der Waals surface area contributed by atoms with Crippen LogP contribution in [-0.2, 0) is 0 Å². The third kappa shape index (κ3) is 3.74. The number of likely N-dealkylation sites (N-methyl/N-ethyl adjacent to an activating group) is 2. The van der Waals surface area contributed by atoms with Crippen LogP contribution >= 0.6 is 0 Å². The van der Waals surface area contributed by atoms with Gasteiger partial charge in [-0.2, -0.15) is 0 Å². The minimum atomic E-state index is 0.320. The van der Waals surface area contributed by atoms with Crippen molar-refractivity contribution in [2.75, 3.05) is 38.1 Å². The summed E-state index contributed by atoms with van der Waals surface area (Å²) in [6.45, 7) is 8.64. The predicted octanol–water partition coefficient (Wildman–Crippen LogP) is 2.17. The van der Waals surface area contributed by atoms with Crippen molar-refractivity contribution < 1.29 is 5.11 Å². The molecule has 16 heavy (non-hydrogen) atoms. The van der Waals surface area contributed by atoms with E-state index in [2.05, 4.69) is 30.7 Å². The van der Waals surface area contributed by atoms with Gasteiger partial charge in [-0.1, -0.05) is 13.8 Å². The number of phenolic OH excluding ortho intramolecular Hbond substituents is 1. The molecule has 0 spiro atoms. The molecule has 0 aliphatic carbocycles. The quantitative estimate of drug-likeness (QED) is 0.799. The van der Waals surface area contributed by atoms with Crippen molar-refractivity contribution in [1.29, 1.82) is 0 Å². The smallest absolute Gasteiger partial charge is 0.115 e. The molecule has 90 valence electrons. The molecule has 0 fully saturated rings. The topological polar surface area (TPSA) is 26.7 Å². The van der Waals surface area contributed by atoms with Gasteiger partial charge in [-0.05, 0) is 37.4 Å². The highest BCUT2D eigenvalue weighted by Crippen LogP contribution is 2.16. The van der Waals surface area contributed by atoms with Gasteiger partial charge < -0.3 is 14.9 Å². The minimum Gasteiger partial charge on any atom is -0.508 e. The van der Waals surface area contributed by atoms with Gasteiger partial charge in [-0.15, -0.1) is 0 Å². The normalized spacial score (nSPS) is 10.8. The Balaban J connectivity index is 2.46. The van der Waals surface area contributed by atoms with Gasteiger partial charge in [0.05, 0.1) is 0 Å². The molecule has 0 atom stereocenters. The number of anilines is 1. The van der Waals surface area contributed by atoms with Gasteiger partial charge in [0.1, 0.15) is 5.75 Å². The monoisotopic (exact) mass is 222 g/mol. The fourth-order valence-electron chi connectivity index (χ4n) is 1.67. The number of hydrogen-bond donors (Lipinski definition) is 1. The number of hydrogen-bond acceptors (Lipinski definition) is 3. The molecule has 1 N–H and O–H groups in total. The van der Waals surface area contributed by atoms with E-state index in [1.807, 2.05) is 12.1 Å². The Morgan fingerprint density at radius 1 is 1.00 bits per heavy atom. The van der Waals surface area contributed by atoms with E-state index in [0.29, 0.717) is 5.75 Å². The van der Waals surface area contributed by atoms with Crippen LogP contribution in [0.1, 0.15) is 13.8 Å². The molecule has 0 heterocycles. The summed E-state index contributed by atoms with van der Waals surface area (Å²) in [5.74, 6) is 0.320. The summed E-state index contributed by atoms with van der Waals surface area (Å²) < 4.78 is 0. The van der Waals surface area contributed by atoms with Crippen LogP contribution in [0.3, 0.4) is 0 Å². The number of nitrogens with zero attached hydrogens (tertiary/aromatic N) is 2. The Labute approximate surface area is 98.3 Å². The van der Waals surface area contributed by atoms with Gasteiger partial charge in [-0.3, -0.25) is 0 Å². The van der Waals surface area contributed by atoms with Gasteiger partial charge in [0, 0.05) is 25.8 Å². The van der Waals surface area contributed by atoms with E-state index in [1.54, 1.807) is 12.1 Å². The first-order valence-corrected chi connectivity index (χ1v) is 5.89. The summed E-state index contributed by atoms with van der Waals surface area (Å²) in [4.78, 5) is 4.61. The highest BCUT2D eigenvalue weighted by atomic mass is 16.3. The first kappa shape index (κ1) is 12.8. The van der Waals surface area contributed by atoms with Crippen LogP contribution in [0, 0.1) is 0 Å². The molecule has 0 radical (unpaired) electrons. The summed E-state index contributed by atoms with van der Waals surface area (Å²) in [6.07, 6.45) is 0. The summed E-state index contributed by atoms with van der Waals surface area (Å²) in [5.41, 5.74) is 1.14. The van der Waals surface area contributed by atoms with Crippen LogP contribution in [0.5, 0.6) is 5.75 Å². The average Bonchev–Trinajstić information content (AvgIpc) is 2.31. The zero-order valence-electron chi connectivity index (χ0n) is 10.5. The van der Waals surface area contributed by atoms with Crippen molar-refractivity contribution in [3.8, 4) is 5.75 Å². The second-order valence-electron chi connectivity index (χ2n) is 3.96. The lowest BCUT2D eigenvalue weighted by Gasteiger charge is -2.24. The van der Waals surface area contributed by atoms with Crippen LogP contribution in [0.2, 0.25) is 0 Å². The van der Waals surface area contributed by atoms with E-state index < -0.39 is 0 Å². The van der Waals surface area contributed by atoms with Crippen LogP contribution in [0.25, 0.3) is 0 Å². The maximum atomic E-state index is 9.21. The molecule has 0 aromatic heterocycles. The van der Waals surface area contributed by atoms with Crippen LogP contribution in [0.4, 0.5) is 5.69 Å². The molecular weight excluding hydrogens is 200 g/mol. The van der Waals surface area contributed by atoms with Gasteiger partial charge in [0.2, 0.25) is 0 Å². The van der Waals surface area contributed by atoms with Gasteiger partial charge >= 0.3 is 0 Å². The molecule has 3 nitrogen and oxygen atoms in total. The second-order valence-corrected chi connectivity index (χ2v) is 3.96. The summed E-state index contributed by atoms with van der Waals surface area (Å²) >= 11 is 0. The van der Waals surface area contributed by atoms with E-state index in [9.17, 15) is 5.11 Å². The summed E-state index contributed by atoms with van der Waals surface area (Å²) in [6, 6.07) is 7.33. The van der Waals surface area contributed by atoms with Crippen molar-refractivity contribution in [2.45, 2.75) is 13.8 Å². The molecule has 0 saturated carbocycles. The highest BCUT2D eigenvalue weighted by Gasteiger charge is 2.03. The molecule has 0 bridgehead atoms. The molecular formula is C13H22N2O. The predicted molar refractivity (Wildman–Crippen MR) is 69.2 cm³/mol. The fourth-order valence-corrected chi connectivity index (χ4v) is 1.67. The van der Waals surface area contributed by atoms with E-state index in [-0.39, 0.29) is 0 Å². The first-order valence-electron chi connectivity index (χ1n) is 5.89. The Kier molecular flexibility index (Phi) is 5.12. The molecule has 0 saturated heterocycles. The summed E-state index contributed by atoms with van der Waals surface area (Å²) in [5, 5.41) is 9.21. The molecule has 3 heteroatoms. The number of rotatable bonds is 6. The Bertz CT molecular complexity index is 293. The molecule has 1 aromatic carbocycles. The van der Waals surface area contributed by atoms with Gasteiger partial charge in [-0.25, -0.2) is 0 Å². The molecule has 1 aromatic rings. The van der Waals surface area contributed by atoms with Crippen molar-refractivity contribution in [3.63, 3.8) is 0 Å². The van der Waals surface area contributed by atoms with Crippen molar-refractivity contribution in [2.24, 2.45) is 0 Å². The lowest BCUT2D eigenvalue weighted by Crippen LogP contribution is -2.33. The summed E-state index contributed by atoms with van der Waals surface area (Å²) in [7, 11) is 2.08. The third-order valence-corrected chi connectivity index (χ3v) is 2.94. The van der Waals surface area contributed by atoms with Crippen molar-refractivity contribution >= 4 is 5.69 Å². The van der Waals surface area contributed by atoms with Crippen LogP contribution < -0.4 is 4.90 Å². The maximum absolute atomic E-state index is 9.21. The molecule has 1 rings (SSSR count). The lowest BCUT2D eigenvalue weighted by molar-refractivity contribution is 0.311. The standard InChI is InChI=1S/C13H22N2O/c1-4-15(5-2)11-10-14(3)12-6-8-13(16)9-7-12/h6-9,16H,4-5,10-11H2,1-3H3. The Hall–Kier alpha value is -1.22. The van der Waals surface area contributed by atoms with Crippen molar-refractivity contribution in [1.82, 2.24) is 4.90 Å². The van der Waals surface area contributed by atoms with Crippen LogP contribution in [0.15, 0.2) is 24.3 Å². The second kappa shape index (κ2) is 6.38. The number of benzene rings is 1. The molecule has 0 aliphatic rings. The average molecular weight is 222 g/mol. The van der Waals surface area contributed by atoms with E-state index in [4.69, 9.17) is 0 Å². The highest BCUT2D eigenvalue weighted by molar-refractivity contribution is 5.47. The molecule has 0 aliphatic heterocycles. The van der Waals surface area contributed by atoms with E-state index >= 15 is 0 Å². The Morgan fingerprint density at radius 2 is 1.56 bits per heavy atom. The third-order valence-electron chi connectivity index (χ3n) is 2.94. The maximum Gasteiger partial charge on any atom is 0.115 e. The number of aromatic hydroxyl groups is 1. The molecule has 0 unspecified atom stereocenters. The number of phenols is 1. The van der Waals surface area contributed by atoms with Gasteiger partial charge in [0.15, 0.2) is 0 Å². The largest absolute Gasteiger partial charge is 0.508 e. The SMILES string of the molecule is CCN(CC)CCN(C)c1ccc(O)cc1. The van der Waals surface area contributed by atoms with Crippen molar-refractivity contribution in [3.05, 3.63) is 24.3 Å². The minimum absolute atomic E-state index is 0.320. The zero-order valence-corrected chi connectivity index (χ0v) is 10.5. The van der Waals surface area contributed by atoms with Gasteiger partial charge in [0.25, 0.3) is 0 Å². The van der Waals surface area contributed by atoms with Crippen LogP contribution in [-0.4, -0.2) is 43.2 Å². The Morgan fingerprint density at radius 3 is 2.06 bits per heavy atom. The van der Waals surface area contributed by atoms with E-state index in [1.165, 1.54) is 0 Å². The zero-order chi connectivity index (χ0) is 12.0. The first-order chi connectivity index (χ1) is 7.67. The molecule has 0 amide bonds. The van der Waals surface area contributed by atoms with E-state index in [0.717, 1.165) is 31.9 Å². The fraction of sp³-hybridized carbons (Fsp3) is 0.538. The lowest BCUT2D eigenvalue weighted by atomic mass is 10.3.